The first-order chi connectivity index (χ1) is 21.2. The van der Waals surface area contributed by atoms with E-state index in [9.17, 15) is 20.4 Å². The van der Waals surface area contributed by atoms with Gasteiger partial charge in [-0.15, -0.1) is 0 Å². The van der Waals surface area contributed by atoms with Crippen molar-refractivity contribution in [3.8, 4) is 39.9 Å². The second-order valence-corrected chi connectivity index (χ2v) is 12.9. The summed E-state index contributed by atoms with van der Waals surface area (Å²) in [5.41, 5.74) is 7.05. The highest BCUT2D eigenvalue weighted by Gasteiger charge is 2.38. The predicted molar refractivity (Wildman–Crippen MR) is 172 cm³/mol. The van der Waals surface area contributed by atoms with Crippen molar-refractivity contribution in [2.45, 2.75) is 90.3 Å². The summed E-state index contributed by atoms with van der Waals surface area (Å²) < 4.78 is 18.0. The van der Waals surface area contributed by atoms with Crippen molar-refractivity contribution >= 4 is 0 Å². The largest absolute Gasteiger partial charge is 0.508 e. The van der Waals surface area contributed by atoms with Gasteiger partial charge in [0.25, 0.3) is 0 Å². The van der Waals surface area contributed by atoms with Crippen molar-refractivity contribution in [3.63, 3.8) is 0 Å². The van der Waals surface area contributed by atoms with E-state index in [4.69, 9.17) is 14.2 Å². The molecule has 1 aliphatic carbocycles. The normalized spacial score (nSPS) is 19.5. The SMILES string of the molecule is CCC(CCCO)CCC1Cc2cc(O)c(CC(C)C)cc2-c2c(OC)cc3c(c21)CC(O)C(c1ccc(O)c(OC)c1)O3. The van der Waals surface area contributed by atoms with Gasteiger partial charge in [0.1, 0.15) is 23.4 Å². The smallest absolute Gasteiger partial charge is 0.160 e. The van der Waals surface area contributed by atoms with Crippen molar-refractivity contribution in [2.75, 3.05) is 20.8 Å². The Morgan fingerprint density at radius 3 is 2.41 bits per heavy atom. The van der Waals surface area contributed by atoms with Gasteiger partial charge in [0.2, 0.25) is 0 Å². The van der Waals surface area contributed by atoms with Gasteiger partial charge in [-0.2, -0.15) is 0 Å². The maximum atomic E-state index is 11.5. The van der Waals surface area contributed by atoms with Gasteiger partial charge in [-0.3, -0.25) is 0 Å². The molecular formula is C37H48O7. The molecule has 3 aromatic rings. The fourth-order valence-electron chi connectivity index (χ4n) is 7.26. The summed E-state index contributed by atoms with van der Waals surface area (Å²) in [6.07, 6.45) is 5.37. The van der Waals surface area contributed by atoms with Gasteiger partial charge < -0.3 is 34.6 Å². The van der Waals surface area contributed by atoms with Crippen LogP contribution >= 0.6 is 0 Å². The number of fused-ring (bicyclic) bond motifs is 5. The molecule has 5 rings (SSSR count). The van der Waals surface area contributed by atoms with Gasteiger partial charge in [0, 0.05) is 30.2 Å². The first kappa shape index (κ1) is 32.0. The molecule has 3 aromatic carbocycles. The molecule has 238 valence electrons. The van der Waals surface area contributed by atoms with E-state index >= 15 is 0 Å². The lowest BCUT2D eigenvalue weighted by molar-refractivity contribution is 0.0201. The molecule has 1 heterocycles. The molecule has 44 heavy (non-hydrogen) atoms. The fourth-order valence-corrected chi connectivity index (χ4v) is 7.26. The lowest BCUT2D eigenvalue weighted by Gasteiger charge is -2.38. The first-order valence-electron chi connectivity index (χ1n) is 16.1. The van der Waals surface area contributed by atoms with Gasteiger partial charge in [0.15, 0.2) is 11.5 Å². The van der Waals surface area contributed by atoms with Crippen LogP contribution in [0.15, 0.2) is 36.4 Å². The van der Waals surface area contributed by atoms with Gasteiger partial charge in [-0.25, -0.2) is 0 Å². The molecule has 0 fully saturated rings. The number of methoxy groups -OCH3 is 2. The summed E-state index contributed by atoms with van der Waals surface area (Å²) in [7, 11) is 3.18. The number of rotatable bonds is 12. The van der Waals surface area contributed by atoms with Gasteiger partial charge in [0.05, 0.1) is 20.3 Å². The van der Waals surface area contributed by atoms with E-state index in [-0.39, 0.29) is 18.3 Å². The fraction of sp³-hybridized carbons (Fsp3) is 0.514. The third-order valence-corrected chi connectivity index (χ3v) is 9.52. The number of hydrogen-bond donors (Lipinski definition) is 4. The Hall–Kier alpha value is -3.42. The lowest BCUT2D eigenvalue weighted by Crippen LogP contribution is -2.32. The zero-order valence-corrected chi connectivity index (χ0v) is 26.7. The Morgan fingerprint density at radius 2 is 1.73 bits per heavy atom. The molecule has 4 N–H and O–H groups in total. The molecule has 0 spiro atoms. The van der Waals surface area contributed by atoms with Crippen LogP contribution in [0.5, 0.6) is 28.7 Å². The second kappa shape index (κ2) is 13.7. The Morgan fingerprint density at radius 1 is 0.955 bits per heavy atom. The molecule has 4 unspecified atom stereocenters. The Balaban J connectivity index is 1.62. The minimum Gasteiger partial charge on any atom is -0.508 e. The molecule has 0 amide bonds. The quantitative estimate of drug-likeness (QED) is 0.173. The summed E-state index contributed by atoms with van der Waals surface area (Å²) in [6, 6.07) is 11.1. The molecule has 0 radical (unpaired) electrons. The minimum atomic E-state index is -0.805. The van der Waals surface area contributed by atoms with Crippen LogP contribution in [-0.4, -0.2) is 47.4 Å². The van der Waals surface area contributed by atoms with E-state index in [0.717, 1.165) is 84.1 Å². The highest BCUT2D eigenvalue weighted by atomic mass is 16.5. The van der Waals surface area contributed by atoms with Crippen LogP contribution in [0.2, 0.25) is 0 Å². The lowest BCUT2D eigenvalue weighted by atomic mass is 9.71. The third kappa shape index (κ3) is 6.36. The number of phenols is 2. The maximum absolute atomic E-state index is 11.5. The molecule has 7 nitrogen and oxygen atoms in total. The number of hydrogen-bond acceptors (Lipinski definition) is 7. The average molecular weight is 605 g/mol. The van der Waals surface area contributed by atoms with Crippen LogP contribution in [-0.2, 0) is 19.3 Å². The molecule has 0 saturated heterocycles. The molecule has 7 heteroatoms. The minimum absolute atomic E-state index is 0.0337. The van der Waals surface area contributed by atoms with Crippen molar-refractivity contribution in [1.82, 2.24) is 0 Å². The number of phenolic OH excluding ortho intramolecular Hbond substituents is 2. The van der Waals surface area contributed by atoms with E-state index in [1.165, 1.54) is 12.7 Å². The van der Waals surface area contributed by atoms with Crippen molar-refractivity contribution < 1.29 is 34.6 Å². The van der Waals surface area contributed by atoms with Crippen molar-refractivity contribution in [1.29, 1.82) is 0 Å². The predicted octanol–water partition coefficient (Wildman–Crippen LogP) is 7.24. The van der Waals surface area contributed by atoms with E-state index in [1.54, 1.807) is 25.3 Å². The van der Waals surface area contributed by atoms with Gasteiger partial charge in [-0.1, -0.05) is 33.3 Å². The highest BCUT2D eigenvalue weighted by Crippen LogP contribution is 2.54. The topological polar surface area (TPSA) is 109 Å². The first-order valence-corrected chi connectivity index (χ1v) is 16.1. The number of aliphatic hydroxyl groups is 2. The van der Waals surface area contributed by atoms with Crippen LogP contribution in [0.3, 0.4) is 0 Å². The zero-order valence-electron chi connectivity index (χ0n) is 26.7. The monoisotopic (exact) mass is 604 g/mol. The van der Waals surface area contributed by atoms with Crippen LogP contribution in [0.4, 0.5) is 0 Å². The number of aromatic hydroxyl groups is 2. The number of benzene rings is 3. The van der Waals surface area contributed by atoms with E-state index in [0.29, 0.717) is 35.5 Å². The highest BCUT2D eigenvalue weighted by molar-refractivity contribution is 5.83. The summed E-state index contributed by atoms with van der Waals surface area (Å²) in [4.78, 5) is 0. The summed E-state index contributed by atoms with van der Waals surface area (Å²) in [6.45, 7) is 6.73. The summed E-state index contributed by atoms with van der Waals surface area (Å²) in [5, 5.41) is 42.1. The Labute approximate surface area is 261 Å². The summed E-state index contributed by atoms with van der Waals surface area (Å²) >= 11 is 0. The molecular weight excluding hydrogens is 556 g/mol. The zero-order chi connectivity index (χ0) is 31.5. The molecule has 1 aliphatic heterocycles. The van der Waals surface area contributed by atoms with Crippen LogP contribution in [0.1, 0.15) is 92.7 Å². The van der Waals surface area contributed by atoms with Gasteiger partial charge >= 0.3 is 0 Å². The molecule has 2 aliphatic rings. The Bertz CT molecular complexity index is 1460. The maximum Gasteiger partial charge on any atom is 0.160 e. The van der Waals surface area contributed by atoms with E-state index in [2.05, 4.69) is 26.8 Å². The Kier molecular flexibility index (Phi) is 9.96. The van der Waals surface area contributed by atoms with Crippen LogP contribution in [0.25, 0.3) is 11.1 Å². The summed E-state index contributed by atoms with van der Waals surface area (Å²) in [5.74, 6) is 3.19. The van der Waals surface area contributed by atoms with Crippen LogP contribution in [0, 0.1) is 11.8 Å². The molecule has 0 aromatic heterocycles. The standard InChI is InChI=1S/C37H48O7/c1-6-22(8-7-13-38)9-10-23-15-25-17-30(40)26(14-21(2)3)16-27(25)36-34(43-5)20-32-28(35(23)36)19-31(41)37(44-32)24-11-12-29(39)33(18-24)42-4/h11-12,16-18,20-23,31,37-41H,6-10,13-15,19H2,1-5H3. The third-order valence-electron chi connectivity index (χ3n) is 9.52. The van der Waals surface area contributed by atoms with Crippen molar-refractivity contribution in [2.24, 2.45) is 11.8 Å². The average Bonchev–Trinajstić information content (AvgIpc) is 3.00. The van der Waals surface area contributed by atoms with Crippen LogP contribution < -0.4 is 14.2 Å². The van der Waals surface area contributed by atoms with E-state index < -0.39 is 12.2 Å². The molecule has 0 saturated carbocycles. The number of aliphatic hydroxyl groups excluding tert-OH is 2. The van der Waals surface area contributed by atoms with Crippen molar-refractivity contribution in [3.05, 3.63) is 64.2 Å². The second-order valence-electron chi connectivity index (χ2n) is 12.9. The van der Waals surface area contributed by atoms with E-state index in [1.807, 2.05) is 12.1 Å². The van der Waals surface area contributed by atoms with Gasteiger partial charge in [-0.05, 0) is 108 Å². The molecule has 4 atom stereocenters. The molecule has 0 bridgehead atoms. The number of ether oxygens (including phenoxy) is 3.